The topological polar surface area (TPSA) is 15.3 Å². The van der Waals surface area contributed by atoms with Gasteiger partial charge in [0.05, 0.1) is 12.6 Å². The number of alkyl halides is 2. The van der Waals surface area contributed by atoms with E-state index in [9.17, 15) is 8.78 Å². The molecule has 3 aliphatic heterocycles. The predicted octanol–water partition coefficient (Wildman–Crippen LogP) is 1.89. The van der Waals surface area contributed by atoms with E-state index in [0.29, 0.717) is 6.42 Å². The third-order valence-electron chi connectivity index (χ3n) is 3.24. The van der Waals surface area contributed by atoms with Gasteiger partial charge >= 0.3 is 0 Å². The average molecular weight is 241 g/mol. The van der Waals surface area contributed by atoms with Crippen molar-refractivity contribution in [1.82, 2.24) is 10.2 Å². The number of fused-ring (bicyclic) bond motifs is 1. The highest BCUT2D eigenvalue weighted by Gasteiger charge is 2.58. The van der Waals surface area contributed by atoms with Crippen LogP contribution in [0.5, 0.6) is 0 Å². The Morgan fingerprint density at radius 1 is 1.13 bits per heavy atom. The summed E-state index contributed by atoms with van der Waals surface area (Å²) in [5.41, 5.74) is 0. The fourth-order valence-electron chi connectivity index (χ4n) is 2.17. The number of nitrogens with zero attached hydrogens (tertiary/aromatic N) is 1. The van der Waals surface area contributed by atoms with Crippen LogP contribution < -0.4 is 5.32 Å². The second-order valence-electron chi connectivity index (χ2n) is 4.35. The van der Waals surface area contributed by atoms with E-state index >= 15 is 0 Å². The van der Waals surface area contributed by atoms with Crippen LogP contribution in [-0.2, 0) is 0 Å². The zero-order chi connectivity index (χ0) is 10.0. The first-order valence-corrected chi connectivity index (χ1v) is 5.53. The maximum absolute atomic E-state index is 12.2. The zero-order valence-electron chi connectivity index (χ0n) is 8.85. The molecule has 1 atom stereocenters. The van der Waals surface area contributed by atoms with Crippen LogP contribution in [0.2, 0.25) is 0 Å². The van der Waals surface area contributed by atoms with E-state index in [-0.39, 0.29) is 25.0 Å². The van der Waals surface area contributed by atoms with Crippen LogP contribution in [0, 0.1) is 0 Å². The molecule has 15 heavy (non-hydrogen) atoms. The van der Waals surface area contributed by atoms with Gasteiger partial charge in [-0.3, -0.25) is 4.90 Å². The molecule has 90 valence electrons. The first-order valence-electron chi connectivity index (χ1n) is 5.53. The van der Waals surface area contributed by atoms with Gasteiger partial charge in [0.1, 0.15) is 0 Å². The minimum Gasteiger partial charge on any atom is -0.317 e. The number of rotatable bonds is 0. The number of hydrogen-bond donors (Lipinski definition) is 1. The van der Waals surface area contributed by atoms with Gasteiger partial charge in [-0.1, -0.05) is 6.42 Å². The highest BCUT2D eigenvalue weighted by Crippen LogP contribution is 2.42. The maximum Gasteiger partial charge on any atom is 0.275 e. The molecule has 0 aromatic carbocycles. The van der Waals surface area contributed by atoms with Crippen molar-refractivity contribution >= 4 is 12.4 Å². The monoisotopic (exact) mass is 240 g/mol. The van der Waals surface area contributed by atoms with Crippen molar-refractivity contribution in [3.05, 3.63) is 0 Å². The highest BCUT2D eigenvalue weighted by molar-refractivity contribution is 5.85. The second kappa shape index (κ2) is 5.41. The smallest absolute Gasteiger partial charge is 0.275 e. The molecule has 3 saturated heterocycles. The first kappa shape index (κ1) is 13.1. The Morgan fingerprint density at radius 3 is 1.87 bits per heavy atom. The summed E-state index contributed by atoms with van der Waals surface area (Å²) in [7, 11) is 0. The molecule has 3 heterocycles. The van der Waals surface area contributed by atoms with Crippen LogP contribution in [0.1, 0.15) is 25.7 Å². The maximum atomic E-state index is 12.2. The Bertz CT molecular complexity index is 186. The standard InChI is InChI=1S/C5H7F2N.C5H11N.ClH/c6-5(7)3-8-2-1-4(5)8;1-2-4-6-5-3-1;/h4H,1-3H2;6H,1-5H2;1H. The summed E-state index contributed by atoms with van der Waals surface area (Å²) >= 11 is 0. The first-order chi connectivity index (χ1) is 6.70. The molecule has 3 fully saturated rings. The van der Waals surface area contributed by atoms with Gasteiger partial charge in [-0.05, 0) is 32.4 Å². The summed E-state index contributed by atoms with van der Waals surface area (Å²) in [5, 5.41) is 3.28. The molecule has 3 rings (SSSR count). The lowest BCUT2D eigenvalue weighted by Gasteiger charge is -2.55. The molecule has 0 amide bonds. The molecule has 0 aromatic heterocycles. The molecule has 3 aliphatic rings. The lowest BCUT2D eigenvalue weighted by molar-refractivity contribution is -0.227. The molecule has 1 unspecified atom stereocenters. The van der Waals surface area contributed by atoms with Crippen molar-refractivity contribution in [3.8, 4) is 0 Å². The van der Waals surface area contributed by atoms with Gasteiger partial charge in [-0.2, -0.15) is 0 Å². The van der Waals surface area contributed by atoms with Gasteiger partial charge in [0.2, 0.25) is 0 Å². The quantitative estimate of drug-likeness (QED) is 0.696. The molecule has 0 spiro atoms. The van der Waals surface area contributed by atoms with E-state index in [1.165, 1.54) is 32.4 Å². The highest BCUT2D eigenvalue weighted by atomic mass is 35.5. The van der Waals surface area contributed by atoms with Crippen molar-refractivity contribution in [2.24, 2.45) is 0 Å². The number of piperidine rings is 2. The molecule has 0 bridgehead atoms. The number of hydrogen-bond acceptors (Lipinski definition) is 2. The van der Waals surface area contributed by atoms with Crippen molar-refractivity contribution < 1.29 is 8.78 Å². The van der Waals surface area contributed by atoms with E-state index in [1.807, 2.05) is 0 Å². The summed E-state index contributed by atoms with van der Waals surface area (Å²) in [5.74, 6) is -2.34. The second-order valence-corrected chi connectivity index (χ2v) is 4.35. The largest absolute Gasteiger partial charge is 0.317 e. The van der Waals surface area contributed by atoms with Gasteiger partial charge in [-0.15, -0.1) is 12.4 Å². The molecular formula is C10H19ClF2N2. The molecular weight excluding hydrogens is 222 g/mol. The molecule has 2 nitrogen and oxygen atoms in total. The molecule has 0 aliphatic carbocycles. The van der Waals surface area contributed by atoms with Crippen molar-refractivity contribution in [1.29, 1.82) is 0 Å². The van der Waals surface area contributed by atoms with Gasteiger partial charge in [-0.25, -0.2) is 8.78 Å². The summed E-state index contributed by atoms with van der Waals surface area (Å²) in [6.07, 6.45) is 4.92. The van der Waals surface area contributed by atoms with Crippen molar-refractivity contribution in [2.75, 3.05) is 26.2 Å². The molecule has 5 heteroatoms. The molecule has 0 saturated carbocycles. The van der Waals surface area contributed by atoms with Gasteiger partial charge in [0, 0.05) is 6.54 Å². The SMILES string of the molecule is C1CCNCC1.Cl.FC1(F)CN2CCC21. The Kier molecular flexibility index (Phi) is 4.74. The van der Waals surface area contributed by atoms with Crippen LogP contribution >= 0.6 is 12.4 Å². The number of halogens is 3. The summed E-state index contributed by atoms with van der Waals surface area (Å²) in [6.45, 7) is 3.40. The fraction of sp³-hybridized carbons (Fsp3) is 1.00. The average Bonchev–Trinajstić information content (AvgIpc) is 2.16. The van der Waals surface area contributed by atoms with Crippen LogP contribution in [0.4, 0.5) is 8.78 Å². The summed E-state index contributed by atoms with van der Waals surface area (Å²) in [6, 6.07) is -0.373. The van der Waals surface area contributed by atoms with E-state index in [1.54, 1.807) is 4.90 Å². The minimum absolute atomic E-state index is 0. The third-order valence-corrected chi connectivity index (χ3v) is 3.24. The Labute approximate surface area is 95.8 Å². The van der Waals surface area contributed by atoms with Crippen LogP contribution in [0.15, 0.2) is 0 Å². The summed E-state index contributed by atoms with van der Waals surface area (Å²) in [4.78, 5) is 1.81. The van der Waals surface area contributed by atoms with Crippen molar-refractivity contribution in [2.45, 2.75) is 37.6 Å². The van der Waals surface area contributed by atoms with Crippen molar-refractivity contribution in [3.63, 3.8) is 0 Å². The lowest BCUT2D eigenvalue weighted by atomic mass is 9.87. The van der Waals surface area contributed by atoms with Gasteiger partial charge < -0.3 is 5.32 Å². The molecule has 0 aromatic rings. The van der Waals surface area contributed by atoms with Crippen LogP contribution in [0.3, 0.4) is 0 Å². The third kappa shape index (κ3) is 3.02. The van der Waals surface area contributed by atoms with Crippen LogP contribution in [0.25, 0.3) is 0 Å². The van der Waals surface area contributed by atoms with Gasteiger partial charge in [0.15, 0.2) is 0 Å². The summed E-state index contributed by atoms with van der Waals surface area (Å²) < 4.78 is 24.4. The predicted molar refractivity (Wildman–Crippen MR) is 58.9 cm³/mol. The fourth-order valence-corrected chi connectivity index (χ4v) is 2.17. The lowest BCUT2D eigenvalue weighted by Crippen LogP contribution is -2.72. The Balaban J connectivity index is 0.000000146. The van der Waals surface area contributed by atoms with Gasteiger partial charge in [0.25, 0.3) is 5.92 Å². The van der Waals surface area contributed by atoms with E-state index in [0.717, 1.165) is 6.54 Å². The molecule has 1 N–H and O–H groups in total. The zero-order valence-corrected chi connectivity index (χ0v) is 9.66. The van der Waals surface area contributed by atoms with E-state index in [2.05, 4.69) is 5.32 Å². The van der Waals surface area contributed by atoms with Crippen LogP contribution in [-0.4, -0.2) is 43.0 Å². The Morgan fingerprint density at radius 2 is 1.80 bits per heavy atom. The normalized spacial score (nSPS) is 32.0. The molecule has 0 radical (unpaired) electrons. The number of nitrogens with one attached hydrogen (secondary N) is 1. The van der Waals surface area contributed by atoms with E-state index in [4.69, 9.17) is 0 Å². The Hall–Kier alpha value is 0.0700. The minimum atomic E-state index is -2.34. The van der Waals surface area contributed by atoms with E-state index < -0.39 is 5.92 Å².